The summed E-state index contributed by atoms with van der Waals surface area (Å²) in [5.74, 6) is 0.958. The highest BCUT2D eigenvalue weighted by molar-refractivity contribution is 6.01. The lowest BCUT2D eigenvalue weighted by atomic mass is 10.1. The summed E-state index contributed by atoms with van der Waals surface area (Å²) in [7, 11) is 0. The number of anilines is 2. The van der Waals surface area contributed by atoms with Crippen LogP contribution in [0.2, 0.25) is 0 Å². The number of carbonyl (C=O) groups excluding carboxylic acids is 2. The molecule has 2 aromatic rings. The lowest BCUT2D eigenvalue weighted by molar-refractivity contribution is -0.125. The van der Waals surface area contributed by atoms with E-state index in [1.54, 1.807) is 17.9 Å². The second kappa shape index (κ2) is 7.91. The van der Waals surface area contributed by atoms with Gasteiger partial charge in [-0.1, -0.05) is 24.3 Å². The van der Waals surface area contributed by atoms with Crippen LogP contribution in [-0.2, 0) is 9.59 Å². The van der Waals surface area contributed by atoms with Gasteiger partial charge in [0.1, 0.15) is 11.5 Å². The van der Waals surface area contributed by atoms with Gasteiger partial charge in [0.05, 0.1) is 18.0 Å². The van der Waals surface area contributed by atoms with Gasteiger partial charge in [-0.25, -0.2) is 0 Å². The fourth-order valence-electron chi connectivity index (χ4n) is 2.87. The number of rotatable bonds is 6. The monoisotopic (exact) mass is 354 g/mol. The molecule has 26 heavy (non-hydrogen) atoms. The summed E-state index contributed by atoms with van der Waals surface area (Å²) in [6.45, 7) is 4.40. The van der Waals surface area contributed by atoms with Gasteiger partial charge in [-0.05, 0) is 38.1 Å². The molecular weight excluding hydrogens is 332 g/mol. The third-order valence-corrected chi connectivity index (χ3v) is 4.10. The van der Waals surface area contributed by atoms with Crippen LogP contribution in [0.25, 0.3) is 0 Å². The zero-order valence-electron chi connectivity index (χ0n) is 14.9. The van der Waals surface area contributed by atoms with Gasteiger partial charge in [-0.2, -0.15) is 0 Å². The molecule has 0 fully saturated rings. The summed E-state index contributed by atoms with van der Waals surface area (Å²) in [5, 5.41) is 2.85. The smallest absolute Gasteiger partial charge is 0.267 e. The molecule has 1 aliphatic rings. The van der Waals surface area contributed by atoms with E-state index in [0.29, 0.717) is 29.5 Å². The van der Waals surface area contributed by atoms with Crippen molar-refractivity contribution in [1.82, 2.24) is 0 Å². The highest BCUT2D eigenvalue weighted by Gasteiger charge is 2.31. The molecule has 0 aromatic heterocycles. The number of hydrogen-bond acceptors (Lipinski definition) is 4. The van der Waals surface area contributed by atoms with Crippen molar-refractivity contribution in [3.05, 3.63) is 48.5 Å². The van der Waals surface area contributed by atoms with Crippen LogP contribution in [0.15, 0.2) is 48.5 Å². The van der Waals surface area contributed by atoms with Crippen LogP contribution in [0.5, 0.6) is 11.5 Å². The topological polar surface area (TPSA) is 67.9 Å². The van der Waals surface area contributed by atoms with E-state index in [1.807, 2.05) is 49.4 Å². The van der Waals surface area contributed by atoms with Crippen molar-refractivity contribution in [2.75, 3.05) is 23.4 Å². The van der Waals surface area contributed by atoms with Crippen molar-refractivity contribution < 1.29 is 19.1 Å². The standard InChI is InChI=1S/C20H22N2O4/c1-3-25-17-10-6-4-8-15(17)21-19(23)12-13-22-16-9-5-7-11-18(16)26-14(2)20(22)24/h4-11,14H,3,12-13H2,1-2H3,(H,21,23)/t14-/m0/s1. The predicted molar refractivity (Wildman–Crippen MR) is 99.7 cm³/mol. The van der Waals surface area contributed by atoms with Gasteiger partial charge in [-0.3, -0.25) is 9.59 Å². The van der Waals surface area contributed by atoms with Gasteiger partial charge in [0.25, 0.3) is 5.91 Å². The first-order chi connectivity index (χ1) is 12.6. The van der Waals surface area contributed by atoms with E-state index in [1.165, 1.54) is 0 Å². The van der Waals surface area contributed by atoms with E-state index in [9.17, 15) is 9.59 Å². The molecule has 0 saturated carbocycles. The number of ether oxygens (including phenoxy) is 2. The minimum absolute atomic E-state index is 0.147. The Hall–Kier alpha value is -3.02. The minimum atomic E-state index is -0.563. The number of amides is 2. The molecule has 6 nitrogen and oxygen atoms in total. The van der Waals surface area contributed by atoms with Gasteiger partial charge in [0, 0.05) is 13.0 Å². The van der Waals surface area contributed by atoms with Crippen LogP contribution in [0.3, 0.4) is 0 Å². The molecule has 1 heterocycles. The van der Waals surface area contributed by atoms with E-state index < -0.39 is 6.10 Å². The van der Waals surface area contributed by atoms with Gasteiger partial charge in [-0.15, -0.1) is 0 Å². The molecule has 0 unspecified atom stereocenters. The molecule has 6 heteroatoms. The third-order valence-electron chi connectivity index (χ3n) is 4.10. The normalized spacial score (nSPS) is 15.8. The Labute approximate surface area is 152 Å². The van der Waals surface area contributed by atoms with Gasteiger partial charge in [0.15, 0.2) is 6.10 Å². The highest BCUT2D eigenvalue weighted by atomic mass is 16.5. The molecule has 3 rings (SSSR count). The zero-order valence-corrected chi connectivity index (χ0v) is 14.9. The summed E-state index contributed by atoms with van der Waals surface area (Å²) in [6, 6.07) is 14.6. The summed E-state index contributed by atoms with van der Waals surface area (Å²) in [4.78, 5) is 26.4. The van der Waals surface area contributed by atoms with E-state index in [-0.39, 0.29) is 24.8 Å². The molecule has 0 saturated heterocycles. The maximum Gasteiger partial charge on any atom is 0.267 e. The fraction of sp³-hybridized carbons (Fsp3) is 0.300. The first kappa shape index (κ1) is 17.8. The largest absolute Gasteiger partial charge is 0.492 e. The van der Waals surface area contributed by atoms with Crippen LogP contribution >= 0.6 is 0 Å². The van der Waals surface area contributed by atoms with Crippen molar-refractivity contribution in [2.45, 2.75) is 26.4 Å². The van der Waals surface area contributed by atoms with Crippen molar-refractivity contribution in [2.24, 2.45) is 0 Å². The van der Waals surface area contributed by atoms with Gasteiger partial charge in [0.2, 0.25) is 5.91 Å². The molecule has 1 atom stereocenters. The van der Waals surface area contributed by atoms with E-state index in [2.05, 4.69) is 5.32 Å². The number of fused-ring (bicyclic) bond motifs is 1. The molecule has 0 aliphatic carbocycles. The Morgan fingerprint density at radius 2 is 1.92 bits per heavy atom. The lowest BCUT2D eigenvalue weighted by Gasteiger charge is -2.32. The van der Waals surface area contributed by atoms with E-state index in [4.69, 9.17) is 9.47 Å². The minimum Gasteiger partial charge on any atom is -0.492 e. The number of hydrogen-bond donors (Lipinski definition) is 1. The number of carbonyl (C=O) groups is 2. The van der Waals surface area contributed by atoms with Crippen LogP contribution in [0.1, 0.15) is 20.3 Å². The number of para-hydroxylation sites is 4. The Bertz CT molecular complexity index is 806. The summed E-state index contributed by atoms with van der Waals surface area (Å²) in [6.07, 6.45) is -0.389. The molecule has 0 spiro atoms. The maximum atomic E-state index is 12.4. The third kappa shape index (κ3) is 3.79. The molecule has 0 bridgehead atoms. The number of nitrogens with zero attached hydrogens (tertiary/aromatic N) is 1. The van der Waals surface area contributed by atoms with Crippen LogP contribution < -0.4 is 19.7 Å². The van der Waals surface area contributed by atoms with Crippen LogP contribution in [0, 0.1) is 0 Å². The van der Waals surface area contributed by atoms with Crippen molar-refractivity contribution >= 4 is 23.2 Å². The molecular formula is C20H22N2O4. The van der Waals surface area contributed by atoms with Crippen molar-refractivity contribution in [1.29, 1.82) is 0 Å². The fourth-order valence-corrected chi connectivity index (χ4v) is 2.87. The first-order valence-corrected chi connectivity index (χ1v) is 8.69. The SMILES string of the molecule is CCOc1ccccc1NC(=O)CCN1C(=O)[C@H](C)Oc2ccccc21. The Kier molecular flexibility index (Phi) is 5.41. The van der Waals surface area contributed by atoms with Crippen LogP contribution in [0.4, 0.5) is 11.4 Å². The lowest BCUT2D eigenvalue weighted by Crippen LogP contribution is -2.45. The molecule has 2 amide bonds. The summed E-state index contributed by atoms with van der Waals surface area (Å²) < 4.78 is 11.1. The Balaban J connectivity index is 1.67. The van der Waals surface area contributed by atoms with Crippen molar-refractivity contribution in [3.8, 4) is 11.5 Å². The van der Waals surface area contributed by atoms with E-state index >= 15 is 0 Å². The van der Waals surface area contributed by atoms with Crippen molar-refractivity contribution in [3.63, 3.8) is 0 Å². The highest BCUT2D eigenvalue weighted by Crippen LogP contribution is 2.33. The van der Waals surface area contributed by atoms with Gasteiger partial charge >= 0.3 is 0 Å². The van der Waals surface area contributed by atoms with Gasteiger partial charge < -0.3 is 19.7 Å². The first-order valence-electron chi connectivity index (χ1n) is 8.69. The average molecular weight is 354 g/mol. The van der Waals surface area contributed by atoms with Crippen LogP contribution in [-0.4, -0.2) is 31.1 Å². The van der Waals surface area contributed by atoms with E-state index in [0.717, 1.165) is 0 Å². The average Bonchev–Trinajstić information content (AvgIpc) is 2.64. The Morgan fingerprint density at radius 1 is 1.19 bits per heavy atom. The Morgan fingerprint density at radius 3 is 2.73 bits per heavy atom. The predicted octanol–water partition coefficient (Wildman–Crippen LogP) is 3.23. The number of nitrogens with one attached hydrogen (secondary N) is 1. The quantitative estimate of drug-likeness (QED) is 0.865. The zero-order chi connectivity index (χ0) is 18.5. The summed E-state index contributed by atoms with van der Waals surface area (Å²) in [5.41, 5.74) is 1.32. The second-order valence-electron chi connectivity index (χ2n) is 5.95. The maximum absolute atomic E-state index is 12.4. The molecule has 1 aliphatic heterocycles. The molecule has 1 N–H and O–H groups in total. The molecule has 136 valence electrons. The summed E-state index contributed by atoms with van der Waals surface area (Å²) >= 11 is 0. The molecule has 0 radical (unpaired) electrons. The number of benzene rings is 2. The second-order valence-corrected chi connectivity index (χ2v) is 5.95. The molecule has 2 aromatic carbocycles.